The fourth-order valence-electron chi connectivity index (χ4n) is 26.2. The minimum atomic E-state index is -1.38. The first-order valence-corrected chi connectivity index (χ1v) is 72.8. The number of benzene rings is 10. The van der Waals surface area contributed by atoms with Gasteiger partial charge in [0.2, 0.25) is 28.5 Å². The molecular weight excluding hydrogens is 1880 g/mol. The topological polar surface area (TPSA) is 19.4 Å². The Bertz CT molecular complexity index is 7420. The van der Waals surface area contributed by atoms with Gasteiger partial charge in [-0.3, -0.25) is 0 Å². The molecule has 0 radical (unpaired) electrons. The van der Waals surface area contributed by atoms with Crippen molar-refractivity contribution < 1.29 is 22.8 Å². The van der Waals surface area contributed by atoms with E-state index in [2.05, 4.69) is 475 Å². The summed E-state index contributed by atoms with van der Waals surface area (Å²) in [4.78, 5) is 0. The Kier molecular flexibility index (Phi) is 34.2. The van der Waals surface area contributed by atoms with Crippen LogP contribution in [0, 0.1) is 59.3 Å². The molecule has 15 aromatic rings. The van der Waals surface area contributed by atoms with Crippen molar-refractivity contribution in [3.8, 4) is 56.3 Å². The van der Waals surface area contributed by atoms with Gasteiger partial charge in [0, 0.05) is 41.5 Å². The molecule has 0 saturated carbocycles. The molecule has 10 aromatic carbocycles. The lowest BCUT2D eigenvalue weighted by Gasteiger charge is -2.40. The Labute approximate surface area is 907 Å². The second-order valence-corrected chi connectivity index (χ2v) is 76.1. The molecule has 0 bridgehead atoms. The standard InChI is InChI=1S/2C29H40NSi.C28H38NSi.C27H36NSi.C26H34NSi/c1-20(2)24-17-21(3)22(4)27(19-24)28-26-10-9-25(18-23(26)11-14-30(28)7)31(8)15-12-29(5,6)13-16-31;1-20(2)24-18-27(21(3)4)22(5)28(19-24)29-26-12-11-25(17-23(26)13-14-30(29)6)31(7)15-9-8-10-16-31;1-20(2)22-9-8-21(3)26(19-22)27-25-11-10-24(18-23(25)12-15-29(27)6)30(7)16-13-28(4,5)14-17-30;1-19(2)23-16-20(3)21(4)26(18-23)27-25-11-10-24(17-22(25)12-13-28(27)5)29(6)14-8-7-9-15-29;1-19(2)21-10-9-20(3)25(18-21)26-24-12-11-23(17-22(24)13-14-27(26)4)28(5)15-7-6-8-16-28/h9-11,14,17-20H,12-13,15-16H2,1-8H3;11-14,17-21H,8-10,15-16H2,1-7H3;8-12,15,18-20H,13-14,16-17H2,1-7H3;10-13,16-19H,7-9,14-15H2,1-6H3;9-14,17-19H,6-8,15-16H2,1-5H3/q5*+1. The molecule has 0 atom stereocenters. The average Bonchev–Trinajstić information content (AvgIpc) is 0.738. The Hall–Kier alpha value is -9.67. The number of nitrogens with zero attached hydrogens (tertiary/aromatic N) is 5. The molecule has 0 amide bonds. The van der Waals surface area contributed by atoms with Gasteiger partial charge in [0.15, 0.2) is 31.0 Å². The van der Waals surface area contributed by atoms with Gasteiger partial charge in [-0.1, -0.05) is 416 Å². The highest BCUT2D eigenvalue weighted by Crippen LogP contribution is 2.47. The summed E-state index contributed by atoms with van der Waals surface area (Å²) >= 11 is 0. The molecule has 784 valence electrons. The fourth-order valence-corrected chi connectivity index (χ4v) is 46.4. The van der Waals surface area contributed by atoms with Gasteiger partial charge in [-0.2, -0.15) is 0 Å². The minimum Gasteiger partial charge on any atom is -0.200 e. The number of pyridine rings is 5. The minimum absolute atomic E-state index is 0.529. The van der Waals surface area contributed by atoms with Crippen LogP contribution in [0.3, 0.4) is 0 Å². The van der Waals surface area contributed by atoms with Crippen molar-refractivity contribution in [2.24, 2.45) is 46.1 Å². The lowest BCUT2D eigenvalue weighted by atomic mass is 9.86. The number of aromatic nitrogens is 5. The van der Waals surface area contributed by atoms with Crippen molar-refractivity contribution in [2.75, 3.05) is 0 Å². The molecule has 20 rings (SSSR count). The Balaban J connectivity index is 0.000000133. The molecule has 10 heteroatoms. The number of rotatable bonds is 16. The van der Waals surface area contributed by atoms with Crippen LogP contribution in [0.15, 0.2) is 225 Å². The third-order valence-electron chi connectivity index (χ3n) is 38.1. The van der Waals surface area contributed by atoms with Crippen LogP contribution >= 0.6 is 0 Å². The molecule has 5 aromatic heterocycles. The van der Waals surface area contributed by atoms with Gasteiger partial charge < -0.3 is 0 Å². The van der Waals surface area contributed by atoms with E-state index in [0.717, 1.165) is 0 Å². The first-order chi connectivity index (χ1) is 70.5. The summed E-state index contributed by atoms with van der Waals surface area (Å²) < 4.78 is 11.6. The van der Waals surface area contributed by atoms with E-state index in [4.69, 9.17) is 0 Å². The maximum Gasteiger partial charge on any atom is 0.220 e. The lowest BCUT2D eigenvalue weighted by molar-refractivity contribution is -0.659. The van der Waals surface area contributed by atoms with E-state index in [-0.39, 0.29) is 0 Å². The smallest absolute Gasteiger partial charge is 0.200 e. The molecule has 0 N–H and O–H groups in total. The highest BCUT2D eigenvalue weighted by atomic mass is 28.3. The van der Waals surface area contributed by atoms with Crippen LogP contribution in [-0.2, 0) is 35.2 Å². The Morgan fingerprint density at radius 2 is 0.436 bits per heavy atom. The normalized spacial score (nSPS) is 17.1. The fraction of sp³-hybridized carbons (Fsp3) is 0.460. The molecule has 0 unspecified atom stereocenters. The molecule has 10 heterocycles. The maximum absolute atomic E-state index is 2.62. The van der Waals surface area contributed by atoms with E-state index in [1.165, 1.54) is 326 Å². The van der Waals surface area contributed by atoms with Crippen molar-refractivity contribution in [2.45, 2.75) is 371 Å². The van der Waals surface area contributed by atoms with Crippen LogP contribution in [0.2, 0.25) is 93.2 Å². The van der Waals surface area contributed by atoms with Gasteiger partial charge in [-0.05, 0) is 255 Å². The first-order valence-electron chi connectivity index (χ1n) is 58.2. The van der Waals surface area contributed by atoms with Crippen LogP contribution in [0.5, 0.6) is 0 Å². The van der Waals surface area contributed by atoms with Crippen molar-refractivity contribution in [3.05, 3.63) is 297 Å². The quantitative estimate of drug-likeness (QED) is 0.0679. The molecule has 5 nitrogen and oxygen atoms in total. The summed E-state index contributed by atoms with van der Waals surface area (Å²) in [5.74, 6) is 3.22. The van der Waals surface area contributed by atoms with E-state index in [1.54, 1.807) is 25.9 Å². The first kappa shape index (κ1) is 112. The predicted molar refractivity (Wildman–Crippen MR) is 662 cm³/mol. The summed E-state index contributed by atoms with van der Waals surface area (Å²) in [5.41, 5.74) is 33.0. The van der Waals surface area contributed by atoms with Crippen molar-refractivity contribution >= 4 is 120 Å². The van der Waals surface area contributed by atoms with E-state index >= 15 is 0 Å². The average molecular weight is 2070 g/mol. The summed E-state index contributed by atoms with van der Waals surface area (Å²) in [6.45, 7) is 66.2. The van der Waals surface area contributed by atoms with E-state index in [1.807, 2.05) is 0 Å². The van der Waals surface area contributed by atoms with Gasteiger partial charge in [0.05, 0.1) is 84.0 Å². The summed E-state index contributed by atoms with van der Waals surface area (Å²) in [7, 11) is 4.33. The van der Waals surface area contributed by atoms with Crippen molar-refractivity contribution in [1.29, 1.82) is 0 Å². The predicted octanol–water partition coefficient (Wildman–Crippen LogP) is 34.2. The summed E-state index contributed by atoms with van der Waals surface area (Å²) in [6.07, 6.45) is 29.6. The van der Waals surface area contributed by atoms with Gasteiger partial charge >= 0.3 is 0 Å². The third kappa shape index (κ3) is 24.1. The Morgan fingerprint density at radius 3 is 0.678 bits per heavy atom. The van der Waals surface area contributed by atoms with E-state index < -0.39 is 40.4 Å². The number of hydrogen-bond acceptors (Lipinski definition) is 0. The van der Waals surface area contributed by atoms with E-state index in [0.29, 0.717) is 46.3 Å². The van der Waals surface area contributed by atoms with Crippen LogP contribution in [0.4, 0.5) is 0 Å². The monoisotopic (exact) mass is 2070 g/mol. The van der Waals surface area contributed by atoms with Gasteiger partial charge in [-0.25, -0.2) is 22.8 Å². The molecule has 5 aliphatic rings. The zero-order valence-corrected chi connectivity index (χ0v) is 104. The summed E-state index contributed by atoms with van der Waals surface area (Å²) in [5, 5.41) is 22.2. The van der Waals surface area contributed by atoms with Crippen molar-refractivity contribution in [1.82, 2.24) is 0 Å². The van der Waals surface area contributed by atoms with Gasteiger partial charge in [-0.15, -0.1) is 0 Å². The van der Waals surface area contributed by atoms with Crippen LogP contribution in [0.1, 0.15) is 302 Å². The molecule has 0 aliphatic carbocycles. The van der Waals surface area contributed by atoms with Gasteiger partial charge in [0.25, 0.3) is 0 Å². The zero-order valence-electron chi connectivity index (χ0n) is 98.8. The zero-order chi connectivity index (χ0) is 107. The summed E-state index contributed by atoms with van der Waals surface area (Å²) in [6, 6.07) is 91.6. The third-order valence-corrected chi connectivity index (χ3v) is 60.7. The number of fused-ring (bicyclic) bond motifs is 5. The molecule has 149 heavy (non-hydrogen) atoms. The molecule has 5 fully saturated rings. The molecule has 0 spiro atoms. The largest absolute Gasteiger partial charge is 0.220 e. The van der Waals surface area contributed by atoms with Crippen LogP contribution in [0.25, 0.3) is 110 Å². The number of hydrogen-bond donors (Lipinski definition) is 0. The lowest BCUT2D eigenvalue weighted by Crippen LogP contribution is -2.48. The second kappa shape index (κ2) is 45.5. The van der Waals surface area contributed by atoms with Crippen LogP contribution in [-0.4, -0.2) is 40.4 Å². The van der Waals surface area contributed by atoms with Crippen molar-refractivity contribution in [3.63, 3.8) is 0 Å². The number of aryl methyl sites for hydroxylation is 9. The molecule has 5 aliphatic heterocycles. The van der Waals surface area contributed by atoms with Crippen LogP contribution < -0.4 is 48.8 Å². The maximum atomic E-state index is 2.62. The second-order valence-electron chi connectivity index (χ2n) is 52.6. The van der Waals surface area contributed by atoms with Gasteiger partial charge in [0.1, 0.15) is 35.2 Å². The molecular formula is C139H188N5Si5+5. The van der Waals surface area contributed by atoms with E-state index in [9.17, 15) is 0 Å². The highest BCUT2D eigenvalue weighted by Gasteiger charge is 2.42. The highest BCUT2D eigenvalue weighted by molar-refractivity contribution is 6.93. The Morgan fingerprint density at radius 1 is 0.215 bits per heavy atom. The SMILES string of the molecule is Cc1c(-c2c3ccc([Si]4(C)CCCCC4)cc3cc[n+]2C)cc(C(C)C)cc1C(C)C.Cc1cc(C(C)C)cc(-c2c3ccc([Si]4(C)CCC(C)(C)CC4)cc3cc[n+]2C)c1C.Cc1cc(C(C)C)cc(-c2c3ccc([Si]4(C)CCCCC4)cc3cc[n+]2C)c1C.Cc1ccc(C(C)C)cc1-c1c2ccc([Si]3(C)CCC(C)(C)CC3)cc2cc[n+]1C.Cc1ccc(C(C)C)cc1-c1c2ccc([Si]3(C)CCCCC3)cc2cc[n+]1C. The molecule has 5 saturated heterocycles.